The molecule has 4 heterocycles. The van der Waals surface area contributed by atoms with E-state index >= 15 is 0 Å². The van der Waals surface area contributed by atoms with Gasteiger partial charge in [0.2, 0.25) is 11.9 Å². The van der Waals surface area contributed by atoms with Crippen LogP contribution in [-0.2, 0) is 28.9 Å². The van der Waals surface area contributed by atoms with E-state index in [1.165, 1.54) is 24.1 Å². The zero-order chi connectivity index (χ0) is 19.8. The molecule has 2 fully saturated rings. The number of hydrogen-bond donors (Lipinski definition) is 0. The summed E-state index contributed by atoms with van der Waals surface area (Å²) in [7, 11) is 0. The molecule has 1 amide bonds. The number of nitrogens with zero attached hydrogens (tertiary/aromatic N) is 6. The third-order valence-electron chi connectivity index (χ3n) is 6.33. The van der Waals surface area contributed by atoms with Gasteiger partial charge in [0.25, 0.3) is 0 Å². The molecule has 0 spiro atoms. The average molecular weight is 396 g/mol. The fourth-order valence-corrected chi connectivity index (χ4v) is 4.85. The number of carbonyl (C=O) groups excluding carboxylic acids is 1. The Balaban J connectivity index is 1.39. The third-order valence-corrected chi connectivity index (χ3v) is 6.33. The Morgan fingerprint density at radius 3 is 2.93 bits per heavy atom. The lowest BCUT2D eigenvalue weighted by Gasteiger charge is -2.32. The molecule has 0 N–H and O–H groups in total. The highest BCUT2D eigenvalue weighted by atomic mass is 16.5. The second-order valence-corrected chi connectivity index (χ2v) is 8.48. The highest BCUT2D eigenvalue weighted by Gasteiger charge is 2.37. The number of imidazole rings is 1. The summed E-state index contributed by atoms with van der Waals surface area (Å²) in [6.07, 6.45) is 9.80. The summed E-state index contributed by atoms with van der Waals surface area (Å²) in [6, 6.07) is 0.0125. The van der Waals surface area contributed by atoms with E-state index in [0.29, 0.717) is 26.3 Å². The molecule has 3 aliphatic rings. The van der Waals surface area contributed by atoms with E-state index in [4.69, 9.17) is 14.7 Å². The molecular formula is C21H28N6O2. The Bertz CT molecular complexity index is 884. The summed E-state index contributed by atoms with van der Waals surface area (Å²) >= 11 is 0. The summed E-state index contributed by atoms with van der Waals surface area (Å²) < 4.78 is 7.72. The van der Waals surface area contributed by atoms with E-state index in [0.717, 1.165) is 37.6 Å². The van der Waals surface area contributed by atoms with Crippen LogP contribution in [0.15, 0.2) is 18.7 Å². The maximum atomic E-state index is 13.0. The first-order chi connectivity index (χ1) is 14.2. The first kappa shape index (κ1) is 18.5. The van der Waals surface area contributed by atoms with Crippen LogP contribution in [0.3, 0.4) is 0 Å². The number of amides is 1. The van der Waals surface area contributed by atoms with E-state index in [1.807, 2.05) is 15.7 Å². The van der Waals surface area contributed by atoms with Crippen LogP contribution < -0.4 is 4.90 Å². The van der Waals surface area contributed by atoms with E-state index in [2.05, 4.69) is 16.8 Å². The summed E-state index contributed by atoms with van der Waals surface area (Å²) in [6.45, 7) is 5.92. The van der Waals surface area contributed by atoms with E-state index < -0.39 is 0 Å². The zero-order valence-corrected chi connectivity index (χ0v) is 17.0. The predicted molar refractivity (Wildman–Crippen MR) is 108 cm³/mol. The van der Waals surface area contributed by atoms with Crippen LogP contribution in [0.5, 0.6) is 0 Å². The van der Waals surface area contributed by atoms with Gasteiger partial charge in [0, 0.05) is 49.3 Å². The molecule has 0 radical (unpaired) electrons. The molecule has 2 bridgehead atoms. The summed E-state index contributed by atoms with van der Waals surface area (Å²) in [4.78, 5) is 31.2. The van der Waals surface area contributed by atoms with Crippen molar-refractivity contribution in [3.63, 3.8) is 0 Å². The molecule has 8 nitrogen and oxygen atoms in total. The van der Waals surface area contributed by atoms with Crippen molar-refractivity contribution in [2.45, 2.75) is 45.2 Å². The number of aromatic nitrogens is 4. The van der Waals surface area contributed by atoms with Crippen molar-refractivity contribution in [2.75, 3.05) is 37.7 Å². The standard InChI is InChI=1S/C21H28N6O2/c1-15-18-4-2-3-5-19(18)24-21(23-15)26-8-16-9-27(17(10-26)13-29-12-16)20(28)11-25-7-6-22-14-25/h6-7,14,16-17H,2-5,8-13H2,1H3/t16-,17-/m0/s1. The van der Waals surface area contributed by atoms with Crippen molar-refractivity contribution in [3.05, 3.63) is 35.7 Å². The van der Waals surface area contributed by atoms with Crippen LogP contribution in [0.2, 0.25) is 0 Å². The number of fused-ring (bicyclic) bond motifs is 4. The highest BCUT2D eigenvalue weighted by Crippen LogP contribution is 2.27. The van der Waals surface area contributed by atoms with Crippen LogP contribution in [0.4, 0.5) is 5.95 Å². The molecule has 1 aliphatic carbocycles. The molecule has 29 heavy (non-hydrogen) atoms. The molecule has 154 valence electrons. The minimum atomic E-state index is 0.0125. The molecule has 0 unspecified atom stereocenters. The van der Waals surface area contributed by atoms with Crippen molar-refractivity contribution in [1.82, 2.24) is 24.4 Å². The van der Waals surface area contributed by atoms with E-state index in [-0.39, 0.29) is 17.9 Å². The molecule has 8 heteroatoms. The summed E-state index contributed by atoms with van der Waals surface area (Å²) in [5.41, 5.74) is 3.68. The zero-order valence-electron chi connectivity index (χ0n) is 17.0. The highest BCUT2D eigenvalue weighted by molar-refractivity contribution is 5.76. The normalized spacial score (nSPS) is 24.2. The SMILES string of the molecule is Cc1nc(N2C[C@@H]3COC[C@H](C2)N(C(=O)Cn2ccnc2)C3)nc2c1CCCC2. The van der Waals surface area contributed by atoms with Gasteiger partial charge >= 0.3 is 0 Å². The van der Waals surface area contributed by atoms with Gasteiger partial charge in [-0.05, 0) is 38.2 Å². The van der Waals surface area contributed by atoms with Crippen molar-refractivity contribution in [3.8, 4) is 0 Å². The lowest BCUT2D eigenvalue weighted by atomic mass is 9.95. The fourth-order valence-electron chi connectivity index (χ4n) is 4.85. The molecule has 2 aliphatic heterocycles. The van der Waals surface area contributed by atoms with Crippen LogP contribution in [-0.4, -0.2) is 69.2 Å². The third kappa shape index (κ3) is 3.73. The molecule has 0 aromatic carbocycles. The minimum Gasteiger partial charge on any atom is -0.379 e. The lowest BCUT2D eigenvalue weighted by molar-refractivity contribution is -0.134. The van der Waals surface area contributed by atoms with Gasteiger partial charge in [-0.3, -0.25) is 4.79 Å². The summed E-state index contributed by atoms with van der Waals surface area (Å²) in [5.74, 6) is 1.20. The van der Waals surface area contributed by atoms with E-state index in [9.17, 15) is 4.79 Å². The molecule has 2 aromatic rings. The maximum absolute atomic E-state index is 13.0. The Morgan fingerprint density at radius 2 is 2.07 bits per heavy atom. The smallest absolute Gasteiger partial charge is 0.242 e. The Hall–Kier alpha value is -2.48. The first-order valence-corrected chi connectivity index (χ1v) is 10.6. The number of anilines is 1. The second-order valence-electron chi connectivity index (χ2n) is 8.48. The first-order valence-electron chi connectivity index (χ1n) is 10.6. The topological polar surface area (TPSA) is 76.4 Å². The molecular weight excluding hydrogens is 368 g/mol. The van der Waals surface area contributed by atoms with Gasteiger partial charge in [0.1, 0.15) is 6.54 Å². The molecule has 2 atom stereocenters. The predicted octanol–water partition coefficient (Wildman–Crippen LogP) is 1.22. The fraction of sp³-hybridized carbons (Fsp3) is 0.619. The Kier molecular flexibility index (Phi) is 4.95. The summed E-state index contributed by atoms with van der Waals surface area (Å²) in [5, 5.41) is 0. The van der Waals surface area contributed by atoms with Crippen LogP contribution in [0, 0.1) is 12.8 Å². The number of rotatable bonds is 3. The quantitative estimate of drug-likeness (QED) is 0.777. The molecule has 5 rings (SSSR count). The van der Waals surface area contributed by atoms with Crippen molar-refractivity contribution in [1.29, 1.82) is 0 Å². The van der Waals surface area contributed by atoms with Crippen molar-refractivity contribution in [2.24, 2.45) is 5.92 Å². The van der Waals surface area contributed by atoms with Crippen molar-refractivity contribution < 1.29 is 9.53 Å². The Labute approximate surface area is 170 Å². The van der Waals surface area contributed by atoms with Gasteiger partial charge in [0.05, 0.1) is 25.6 Å². The minimum absolute atomic E-state index is 0.0125. The molecule has 2 aromatic heterocycles. The van der Waals surface area contributed by atoms with Gasteiger partial charge in [-0.1, -0.05) is 0 Å². The van der Waals surface area contributed by atoms with Gasteiger partial charge in [-0.25, -0.2) is 15.0 Å². The number of carbonyl (C=O) groups is 1. The van der Waals surface area contributed by atoms with Crippen LogP contribution >= 0.6 is 0 Å². The largest absolute Gasteiger partial charge is 0.379 e. The number of aryl methyl sites for hydroxylation is 2. The van der Waals surface area contributed by atoms with Crippen molar-refractivity contribution >= 4 is 11.9 Å². The van der Waals surface area contributed by atoms with Gasteiger partial charge < -0.3 is 19.1 Å². The van der Waals surface area contributed by atoms with Gasteiger partial charge in [0.15, 0.2) is 0 Å². The average Bonchev–Trinajstić information content (AvgIpc) is 3.03. The van der Waals surface area contributed by atoms with Gasteiger partial charge in [-0.2, -0.15) is 0 Å². The lowest BCUT2D eigenvalue weighted by Crippen LogP contribution is -2.48. The number of ether oxygens (including phenoxy) is 1. The molecule has 0 saturated carbocycles. The van der Waals surface area contributed by atoms with E-state index in [1.54, 1.807) is 12.5 Å². The molecule has 2 saturated heterocycles. The maximum Gasteiger partial charge on any atom is 0.242 e. The monoisotopic (exact) mass is 396 g/mol. The van der Waals surface area contributed by atoms with Crippen LogP contribution in [0.1, 0.15) is 29.8 Å². The van der Waals surface area contributed by atoms with Crippen LogP contribution in [0.25, 0.3) is 0 Å². The Morgan fingerprint density at radius 1 is 1.17 bits per heavy atom. The second kappa shape index (κ2) is 7.74. The number of hydrogen-bond acceptors (Lipinski definition) is 6. The van der Waals surface area contributed by atoms with Gasteiger partial charge in [-0.15, -0.1) is 0 Å².